The number of nitro benzene ring substituents is 1. The normalized spacial score (nSPS) is 18.7. The number of nitro groups is 1. The molecule has 1 atom stereocenters. The Balaban J connectivity index is 2.27. The molecule has 2 aromatic rings. The molecule has 0 radical (unpaired) electrons. The maximum atomic E-state index is 12.6. The van der Waals surface area contributed by atoms with Crippen molar-refractivity contribution in [2.24, 2.45) is 0 Å². The molecule has 2 N–H and O–H groups in total. The van der Waals surface area contributed by atoms with Gasteiger partial charge in [-0.15, -0.1) is 0 Å². The predicted molar refractivity (Wildman–Crippen MR) is 95.6 cm³/mol. The molecule has 1 heterocycles. The number of amides is 1. The summed E-state index contributed by atoms with van der Waals surface area (Å²) >= 11 is 0. The number of Topliss-reactive ketones (excluding diaryl/α,β-unsaturated/α-hetero) is 1. The van der Waals surface area contributed by atoms with Gasteiger partial charge in [0.05, 0.1) is 28.7 Å². The fraction of sp³-hybridized carbons (Fsp3) is 0.158. The SMILES string of the molecule is O=C1C(=O)N(CCO)C(c2ccccc2[N+](=O)[O-])C1=C(O)c1ccccc1. The number of aliphatic hydroxyl groups excluding tert-OH is 2. The fourth-order valence-corrected chi connectivity index (χ4v) is 3.18. The van der Waals surface area contributed by atoms with Crippen LogP contribution in [-0.4, -0.2) is 44.9 Å². The Morgan fingerprint density at radius 3 is 2.33 bits per heavy atom. The van der Waals surface area contributed by atoms with Crippen molar-refractivity contribution in [2.75, 3.05) is 13.2 Å². The van der Waals surface area contributed by atoms with Crippen molar-refractivity contribution in [3.8, 4) is 0 Å². The van der Waals surface area contributed by atoms with Crippen molar-refractivity contribution in [1.82, 2.24) is 4.90 Å². The van der Waals surface area contributed by atoms with Gasteiger partial charge < -0.3 is 15.1 Å². The number of rotatable bonds is 5. The molecule has 1 aliphatic heterocycles. The monoisotopic (exact) mass is 368 g/mol. The van der Waals surface area contributed by atoms with E-state index < -0.39 is 35.0 Å². The van der Waals surface area contributed by atoms with Crippen molar-refractivity contribution < 1.29 is 24.7 Å². The first-order valence-corrected chi connectivity index (χ1v) is 8.15. The van der Waals surface area contributed by atoms with E-state index in [0.29, 0.717) is 5.56 Å². The number of hydrogen-bond acceptors (Lipinski definition) is 6. The Morgan fingerprint density at radius 2 is 1.70 bits per heavy atom. The molecule has 0 saturated carbocycles. The first-order valence-electron chi connectivity index (χ1n) is 8.15. The Labute approximate surface area is 154 Å². The average molecular weight is 368 g/mol. The molecule has 3 rings (SSSR count). The highest BCUT2D eigenvalue weighted by Crippen LogP contribution is 2.42. The second kappa shape index (κ2) is 7.38. The molecule has 27 heavy (non-hydrogen) atoms. The Morgan fingerprint density at radius 1 is 1.07 bits per heavy atom. The van der Waals surface area contributed by atoms with Crippen LogP contribution in [0.4, 0.5) is 5.69 Å². The van der Waals surface area contributed by atoms with E-state index in [9.17, 15) is 29.9 Å². The van der Waals surface area contributed by atoms with Crippen molar-refractivity contribution in [3.05, 3.63) is 81.4 Å². The summed E-state index contributed by atoms with van der Waals surface area (Å²) in [5, 5.41) is 31.4. The Hall–Kier alpha value is -3.52. The molecule has 8 heteroatoms. The number of carbonyl (C=O) groups excluding carboxylic acids is 2. The lowest BCUT2D eigenvalue weighted by molar-refractivity contribution is -0.385. The maximum Gasteiger partial charge on any atom is 0.295 e. The maximum absolute atomic E-state index is 12.6. The van der Waals surface area contributed by atoms with Crippen molar-refractivity contribution in [2.45, 2.75) is 6.04 Å². The van der Waals surface area contributed by atoms with Crippen LogP contribution in [-0.2, 0) is 9.59 Å². The number of ketones is 1. The van der Waals surface area contributed by atoms with E-state index in [-0.39, 0.29) is 23.4 Å². The third-order valence-electron chi connectivity index (χ3n) is 4.36. The molecule has 138 valence electrons. The van der Waals surface area contributed by atoms with Crippen LogP contribution in [0, 0.1) is 10.1 Å². The number of hydrogen-bond donors (Lipinski definition) is 2. The van der Waals surface area contributed by atoms with Gasteiger partial charge in [0.15, 0.2) is 0 Å². The third-order valence-corrected chi connectivity index (χ3v) is 4.36. The van der Waals surface area contributed by atoms with Gasteiger partial charge in [-0.05, 0) is 6.07 Å². The zero-order chi connectivity index (χ0) is 19.6. The highest BCUT2D eigenvalue weighted by Gasteiger charge is 2.47. The molecule has 1 saturated heterocycles. The van der Waals surface area contributed by atoms with Gasteiger partial charge in [0.1, 0.15) is 5.76 Å². The highest BCUT2D eigenvalue weighted by molar-refractivity contribution is 6.46. The van der Waals surface area contributed by atoms with Gasteiger partial charge in [-0.25, -0.2) is 0 Å². The smallest absolute Gasteiger partial charge is 0.295 e. The summed E-state index contributed by atoms with van der Waals surface area (Å²) in [4.78, 5) is 36.9. The van der Waals surface area contributed by atoms with E-state index in [0.717, 1.165) is 4.90 Å². The number of β-amino-alcohol motifs (C(OH)–C–C–N with tert-alkyl or cyclic N) is 1. The molecule has 0 aliphatic carbocycles. The molecule has 0 aromatic heterocycles. The lowest BCUT2D eigenvalue weighted by Gasteiger charge is -2.24. The molecule has 0 spiro atoms. The molecule has 1 fully saturated rings. The standard InChI is InChI=1S/C19H16N2O6/c22-11-10-20-16(13-8-4-5-9-14(13)21(26)27)15(18(24)19(20)25)17(23)12-6-2-1-3-7-12/h1-9,16,22-23H,10-11H2. The van der Waals surface area contributed by atoms with Crippen LogP contribution in [0.15, 0.2) is 60.2 Å². The van der Waals surface area contributed by atoms with Crippen LogP contribution in [0.2, 0.25) is 0 Å². The minimum absolute atomic E-state index is 0.0904. The van der Waals surface area contributed by atoms with Crippen LogP contribution >= 0.6 is 0 Å². The summed E-state index contributed by atoms with van der Waals surface area (Å²) in [6.07, 6.45) is 0. The van der Waals surface area contributed by atoms with Gasteiger partial charge in [0.25, 0.3) is 17.4 Å². The van der Waals surface area contributed by atoms with Crippen LogP contribution in [0.5, 0.6) is 0 Å². The van der Waals surface area contributed by atoms with Crippen molar-refractivity contribution in [1.29, 1.82) is 0 Å². The average Bonchev–Trinajstić information content (AvgIpc) is 2.93. The van der Waals surface area contributed by atoms with E-state index in [4.69, 9.17) is 0 Å². The fourth-order valence-electron chi connectivity index (χ4n) is 3.18. The largest absolute Gasteiger partial charge is 0.507 e. The van der Waals surface area contributed by atoms with Gasteiger partial charge in [0, 0.05) is 18.2 Å². The second-order valence-corrected chi connectivity index (χ2v) is 5.90. The lowest BCUT2D eigenvalue weighted by atomic mass is 9.94. The van der Waals surface area contributed by atoms with E-state index in [1.807, 2.05) is 0 Å². The number of likely N-dealkylation sites (tertiary alicyclic amines) is 1. The minimum Gasteiger partial charge on any atom is -0.507 e. The molecule has 1 amide bonds. The van der Waals surface area contributed by atoms with E-state index in [1.54, 1.807) is 36.4 Å². The number of benzene rings is 2. The summed E-state index contributed by atoms with van der Waals surface area (Å²) in [7, 11) is 0. The second-order valence-electron chi connectivity index (χ2n) is 5.90. The number of para-hydroxylation sites is 1. The summed E-state index contributed by atoms with van der Waals surface area (Å²) in [5.41, 5.74) is -0.129. The van der Waals surface area contributed by atoms with Gasteiger partial charge in [0.2, 0.25) is 0 Å². The molecular formula is C19H16N2O6. The van der Waals surface area contributed by atoms with Crippen LogP contribution in [0.3, 0.4) is 0 Å². The highest BCUT2D eigenvalue weighted by atomic mass is 16.6. The summed E-state index contributed by atoms with van der Waals surface area (Å²) in [5.74, 6) is -2.30. The third kappa shape index (κ3) is 3.18. The topological polar surface area (TPSA) is 121 Å². The Bertz CT molecular complexity index is 938. The van der Waals surface area contributed by atoms with E-state index >= 15 is 0 Å². The van der Waals surface area contributed by atoms with Crippen LogP contribution in [0.1, 0.15) is 17.2 Å². The first-order chi connectivity index (χ1) is 13.0. The molecule has 0 bridgehead atoms. The first kappa shape index (κ1) is 18.3. The molecule has 1 unspecified atom stereocenters. The van der Waals surface area contributed by atoms with Gasteiger partial charge in [-0.3, -0.25) is 19.7 Å². The van der Waals surface area contributed by atoms with Crippen molar-refractivity contribution in [3.63, 3.8) is 0 Å². The van der Waals surface area contributed by atoms with Crippen molar-refractivity contribution >= 4 is 23.1 Å². The quantitative estimate of drug-likeness (QED) is 0.274. The summed E-state index contributed by atoms with van der Waals surface area (Å²) < 4.78 is 0. The van der Waals surface area contributed by atoms with E-state index in [1.165, 1.54) is 18.2 Å². The summed E-state index contributed by atoms with van der Waals surface area (Å²) in [6, 6.07) is 12.7. The number of nitrogens with zero attached hydrogens (tertiary/aromatic N) is 2. The van der Waals surface area contributed by atoms with Gasteiger partial charge in [-0.2, -0.15) is 0 Å². The number of carbonyl (C=O) groups is 2. The lowest BCUT2D eigenvalue weighted by Crippen LogP contribution is -2.32. The van der Waals surface area contributed by atoms with Crippen LogP contribution < -0.4 is 0 Å². The van der Waals surface area contributed by atoms with Gasteiger partial charge >= 0.3 is 0 Å². The summed E-state index contributed by atoms with van der Waals surface area (Å²) in [6.45, 7) is -0.637. The number of aliphatic hydroxyl groups is 2. The van der Waals surface area contributed by atoms with Crippen LogP contribution in [0.25, 0.3) is 5.76 Å². The van der Waals surface area contributed by atoms with E-state index in [2.05, 4.69) is 0 Å². The molecule has 8 nitrogen and oxygen atoms in total. The molecule has 2 aromatic carbocycles. The molecular weight excluding hydrogens is 352 g/mol. The zero-order valence-electron chi connectivity index (χ0n) is 14.1. The predicted octanol–water partition coefficient (Wildman–Crippen LogP) is 2.01. The molecule has 1 aliphatic rings. The van der Waals surface area contributed by atoms with Gasteiger partial charge in [-0.1, -0.05) is 42.5 Å². The zero-order valence-corrected chi connectivity index (χ0v) is 14.1. The Kier molecular flexibility index (Phi) is 5.00. The minimum atomic E-state index is -1.17.